The molecule has 0 unspecified atom stereocenters. The van der Waals surface area contributed by atoms with Crippen LogP contribution in [-0.2, 0) is 16.0 Å². The molecule has 1 aliphatic rings. The van der Waals surface area contributed by atoms with E-state index < -0.39 is 0 Å². The van der Waals surface area contributed by atoms with E-state index in [9.17, 15) is 9.59 Å². The molecule has 1 N–H and O–H groups in total. The van der Waals surface area contributed by atoms with Gasteiger partial charge in [-0.2, -0.15) is 0 Å². The Bertz CT molecular complexity index is 476. The lowest BCUT2D eigenvalue weighted by molar-refractivity contribution is -0.143. The maximum absolute atomic E-state index is 11.8. The molecule has 1 aliphatic heterocycles. The minimum atomic E-state index is -0.240. The van der Waals surface area contributed by atoms with Crippen LogP contribution < -0.4 is 10.2 Å². The minimum Gasteiger partial charge on any atom is -0.481 e. The van der Waals surface area contributed by atoms with E-state index in [-0.39, 0.29) is 18.2 Å². The van der Waals surface area contributed by atoms with Gasteiger partial charge in [0.05, 0.1) is 19.2 Å². The molecular weight excluding hydrogens is 246 g/mol. The molecule has 1 fully saturated rings. The monoisotopic (exact) mass is 263 g/mol. The number of aromatic nitrogens is 1. The van der Waals surface area contributed by atoms with Gasteiger partial charge in [-0.25, -0.2) is 4.98 Å². The normalized spacial score (nSPS) is 15.2. The molecule has 1 aromatic heterocycles. The molecule has 1 aromatic rings. The number of carbonyl (C=O) groups excluding carboxylic acids is 2. The topological polar surface area (TPSA) is 71.5 Å². The van der Waals surface area contributed by atoms with Crippen molar-refractivity contribution in [1.82, 2.24) is 15.4 Å². The van der Waals surface area contributed by atoms with Gasteiger partial charge in [0.15, 0.2) is 0 Å². The third-order valence-electron chi connectivity index (χ3n) is 2.92. The molecule has 1 saturated heterocycles. The van der Waals surface area contributed by atoms with Gasteiger partial charge in [0.2, 0.25) is 17.7 Å². The molecule has 6 heteroatoms. The fourth-order valence-electron chi connectivity index (χ4n) is 1.95. The predicted molar refractivity (Wildman–Crippen MR) is 68.2 cm³/mol. The van der Waals surface area contributed by atoms with Gasteiger partial charge in [-0.05, 0) is 18.9 Å². The van der Waals surface area contributed by atoms with Gasteiger partial charge in [0.25, 0.3) is 0 Å². The smallest absolute Gasteiger partial charge is 0.244 e. The Balaban J connectivity index is 1.91. The van der Waals surface area contributed by atoms with E-state index >= 15 is 0 Å². The lowest BCUT2D eigenvalue weighted by Gasteiger charge is -2.26. The van der Waals surface area contributed by atoms with Crippen molar-refractivity contribution in [2.75, 3.05) is 13.7 Å². The molecule has 102 valence electrons. The largest absolute Gasteiger partial charge is 0.481 e. The summed E-state index contributed by atoms with van der Waals surface area (Å²) < 4.78 is 5.00. The van der Waals surface area contributed by atoms with Crippen LogP contribution in [-0.4, -0.2) is 35.5 Å². The molecule has 0 atom stereocenters. The van der Waals surface area contributed by atoms with E-state index in [1.165, 1.54) is 12.1 Å². The number of ether oxygens (including phenoxy) is 1. The molecular formula is C13H17N3O3. The second kappa shape index (κ2) is 6.17. The fraction of sp³-hybridized carbons (Fsp3) is 0.462. The highest BCUT2D eigenvalue weighted by molar-refractivity contribution is 5.83. The Morgan fingerprint density at radius 2 is 2.32 bits per heavy atom. The van der Waals surface area contributed by atoms with Crippen molar-refractivity contribution >= 4 is 11.8 Å². The van der Waals surface area contributed by atoms with Crippen LogP contribution in [0.4, 0.5) is 0 Å². The van der Waals surface area contributed by atoms with Crippen molar-refractivity contribution in [3.8, 4) is 5.88 Å². The first-order valence-electron chi connectivity index (χ1n) is 6.29. The van der Waals surface area contributed by atoms with Crippen molar-refractivity contribution in [3.63, 3.8) is 0 Å². The van der Waals surface area contributed by atoms with Gasteiger partial charge >= 0.3 is 0 Å². The van der Waals surface area contributed by atoms with Crippen LogP contribution in [0.3, 0.4) is 0 Å². The maximum atomic E-state index is 11.8. The first-order valence-corrected chi connectivity index (χ1v) is 6.29. The summed E-state index contributed by atoms with van der Waals surface area (Å²) in [7, 11) is 1.53. The van der Waals surface area contributed by atoms with Gasteiger partial charge < -0.3 is 4.74 Å². The summed E-state index contributed by atoms with van der Waals surface area (Å²) in [5.41, 5.74) is 3.23. The highest BCUT2D eigenvalue weighted by Gasteiger charge is 2.20. The summed E-state index contributed by atoms with van der Waals surface area (Å²) >= 11 is 0. The van der Waals surface area contributed by atoms with E-state index in [1.54, 1.807) is 18.2 Å². The molecule has 19 heavy (non-hydrogen) atoms. The van der Waals surface area contributed by atoms with Crippen LogP contribution >= 0.6 is 0 Å². The van der Waals surface area contributed by atoms with Crippen molar-refractivity contribution in [1.29, 1.82) is 0 Å². The molecule has 0 spiro atoms. The summed E-state index contributed by atoms with van der Waals surface area (Å²) in [4.78, 5) is 27.6. The van der Waals surface area contributed by atoms with Gasteiger partial charge in [-0.1, -0.05) is 6.07 Å². The number of nitrogens with one attached hydrogen (secondary N) is 1. The van der Waals surface area contributed by atoms with Gasteiger partial charge in [0.1, 0.15) is 0 Å². The van der Waals surface area contributed by atoms with Crippen LogP contribution in [0.5, 0.6) is 5.88 Å². The number of rotatable bonds is 4. The summed E-state index contributed by atoms with van der Waals surface area (Å²) in [6.07, 6.45) is 2.44. The molecule has 0 radical (unpaired) electrons. The highest BCUT2D eigenvalue weighted by atomic mass is 16.5. The number of amides is 2. The van der Waals surface area contributed by atoms with Gasteiger partial charge in [-0.15, -0.1) is 0 Å². The van der Waals surface area contributed by atoms with E-state index in [1.807, 2.05) is 0 Å². The molecule has 0 aliphatic carbocycles. The summed E-state index contributed by atoms with van der Waals surface area (Å²) in [6.45, 7) is 0.579. The summed E-state index contributed by atoms with van der Waals surface area (Å²) in [6, 6.07) is 5.25. The predicted octanol–water partition coefficient (Wildman–Crippen LogP) is 0.676. The third-order valence-corrected chi connectivity index (χ3v) is 2.92. The standard InChI is InChI=1S/C13H17N3O3/c1-19-12-6-4-5-10(14-12)9-11(17)15-16-8-3-2-7-13(16)18/h4-6H,2-3,7-9H2,1H3,(H,15,17). The SMILES string of the molecule is COc1cccc(CC(=O)NN2CCCCC2=O)n1. The lowest BCUT2D eigenvalue weighted by atomic mass is 10.1. The second-order valence-electron chi connectivity index (χ2n) is 4.39. The Labute approximate surface area is 111 Å². The van der Waals surface area contributed by atoms with Crippen molar-refractivity contribution < 1.29 is 14.3 Å². The molecule has 0 saturated carbocycles. The Hall–Kier alpha value is -2.11. The number of methoxy groups -OCH3 is 1. The zero-order chi connectivity index (χ0) is 13.7. The van der Waals surface area contributed by atoms with Crippen LogP contribution in [0, 0.1) is 0 Å². The molecule has 2 rings (SSSR count). The molecule has 6 nitrogen and oxygen atoms in total. The van der Waals surface area contributed by atoms with E-state index in [0.717, 1.165) is 12.8 Å². The van der Waals surface area contributed by atoms with Crippen LogP contribution in [0.1, 0.15) is 25.0 Å². The fourth-order valence-corrected chi connectivity index (χ4v) is 1.95. The maximum Gasteiger partial charge on any atom is 0.244 e. The average Bonchev–Trinajstić information content (AvgIpc) is 2.41. The number of nitrogens with zero attached hydrogens (tertiary/aromatic N) is 2. The Morgan fingerprint density at radius 3 is 3.05 bits per heavy atom. The third kappa shape index (κ3) is 3.67. The quantitative estimate of drug-likeness (QED) is 0.867. The summed E-state index contributed by atoms with van der Waals surface area (Å²) in [5.74, 6) is 0.202. The number of hydrogen-bond donors (Lipinski definition) is 1. The molecule has 0 bridgehead atoms. The zero-order valence-corrected chi connectivity index (χ0v) is 10.9. The number of carbonyl (C=O) groups is 2. The number of hydrogen-bond acceptors (Lipinski definition) is 4. The zero-order valence-electron chi connectivity index (χ0n) is 10.9. The Kier molecular flexibility index (Phi) is 4.33. The number of hydrazine groups is 1. The highest BCUT2D eigenvalue weighted by Crippen LogP contribution is 2.09. The van der Waals surface area contributed by atoms with Crippen molar-refractivity contribution in [3.05, 3.63) is 23.9 Å². The first kappa shape index (κ1) is 13.3. The van der Waals surface area contributed by atoms with E-state index in [0.29, 0.717) is 24.5 Å². The molecule has 2 amide bonds. The number of piperidine rings is 1. The molecule has 2 heterocycles. The van der Waals surface area contributed by atoms with Gasteiger partial charge in [-0.3, -0.25) is 20.0 Å². The van der Waals surface area contributed by atoms with Crippen LogP contribution in [0.2, 0.25) is 0 Å². The van der Waals surface area contributed by atoms with Crippen molar-refractivity contribution in [2.24, 2.45) is 0 Å². The average molecular weight is 263 g/mol. The van der Waals surface area contributed by atoms with Crippen LogP contribution in [0.25, 0.3) is 0 Å². The Morgan fingerprint density at radius 1 is 1.47 bits per heavy atom. The van der Waals surface area contributed by atoms with Crippen molar-refractivity contribution in [2.45, 2.75) is 25.7 Å². The number of pyridine rings is 1. The minimum absolute atomic E-state index is 0.0294. The summed E-state index contributed by atoms with van der Waals surface area (Å²) in [5, 5.41) is 1.39. The molecule has 0 aromatic carbocycles. The van der Waals surface area contributed by atoms with Crippen LogP contribution in [0.15, 0.2) is 18.2 Å². The van der Waals surface area contributed by atoms with Gasteiger partial charge in [0, 0.05) is 19.0 Å². The first-order chi connectivity index (χ1) is 9.19. The van der Waals surface area contributed by atoms with E-state index in [4.69, 9.17) is 4.74 Å². The lowest BCUT2D eigenvalue weighted by Crippen LogP contribution is -2.48. The second-order valence-corrected chi connectivity index (χ2v) is 4.39. The van der Waals surface area contributed by atoms with E-state index in [2.05, 4.69) is 10.4 Å².